The Balaban J connectivity index is 2.18. The highest BCUT2D eigenvalue weighted by Gasteiger charge is 2.16. The maximum atomic E-state index is 10.9. The van der Waals surface area contributed by atoms with Gasteiger partial charge in [-0.3, -0.25) is 10.1 Å². The number of hydrogen-bond donors (Lipinski definition) is 1. The van der Waals surface area contributed by atoms with Crippen LogP contribution in [0.1, 0.15) is 18.4 Å². The lowest BCUT2D eigenvalue weighted by molar-refractivity contribution is -0.384. The molecule has 112 valence electrons. The summed E-state index contributed by atoms with van der Waals surface area (Å²) in [6.45, 7) is 2.02. The maximum Gasteiger partial charge on any atom is 0.269 e. The van der Waals surface area contributed by atoms with E-state index >= 15 is 0 Å². The molecule has 0 fully saturated rings. The summed E-state index contributed by atoms with van der Waals surface area (Å²) in [5, 5.41) is 15.3. The Morgan fingerprint density at radius 3 is 2.90 bits per heavy atom. The minimum absolute atomic E-state index is 0.0935. The fourth-order valence-corrected chi connectivity index (χ4v) is 3.62. The predicted molar refractivity (Wildman–Crippen MR) is 91.7 cm³/mol. The number of nitro benzene ring substituents is 1. The Kier molecular flexibility index (Phi) is 5.76. The molecule has 0 bridgehead atoms. The van der Waals surface area contributed by atoms with Crippen molar-refractivity contribution in [3.63, 3.8) is 0 Å². The Morgan fingerprint density at radius 1 is 1.38 bits per heavy atom. The molecular weight excluding hydrogens is 304 g/mol. The van der Waals surface area contributed by atoms with Crippen molar-refractivity contribution in [2.24, 2.45) is 0 Å². The number of benzene rings is 1. The first-order valence-corrected chi connectivity index (χ1v) is 9.12. The minimum atomic E-state index is -0.347. The van der Waals surface area contributed by atoms with Crippen molar-refractivity contribution in [3.8, 4) is 0 Å². The number of dihydropyridines is 1. The van der Waals surface area contributed by atoms with Gasteiger partial charge < -0.3 is 5.32 Å². The number of nitro groups is 1. The molecular formula is C15H18N2O2S2. The van der Waals surface area contributed by atoms with Crippen LogP contribution in [0.25, 0.3) is 0 Å². The molecule has 1 aliphatic rings. The Labute approximate surface area is 133 Å². The molecule has 2 rings (SSSR count). The molecule has 4 nitrogen and oxygen atoms in total. The molecule has 0 radical (unpaired) electrons. The van der Waals surface area contributed by atoms with Crippen LogP contribution in [0.4, 0.5) is 5.69 Å². The van der Waals surface area contributed by atoms with Gasteiger partial charge >= 0.3 is 0 Å². The fraction of sp³-hybridized carbons (Fsp3) is 0.333. The quantitative estimate of drug-likeness (QED) is 0.369. The largest absolute Gasteiger partial charge is 0.362 e. The van der Waals surface area contributed by atoms with E-state index in [1.807, 2.05) is 36.5 Å². The highest BCUT2D eigenvalue weighted by Crippen LogP contribution is 2.28. The highest BCUT2D eigenvalue weighted by molar-refractivity contribution is 8.15. The van der Waals surface area contributed by atoms with Gasteiger partial charge in [0.15, 0.2) is 0 Å². The zero-order chi connectivity index (χ0) is 15.2. The van der Waals surface area contributed by atoms with E-state index in [1.54, 1.807) is 12.1 Å². The summed E-state index contributed by atoms with van der Waals surface area (Å²) in [6.07, 6.45) is 6.34. The highest BCUT2D eigenvalue weighted by atomic mass is 32.2. The van der Waals surface area contributed by atoms with Gasteiger partial charge in [0.2, 0.25) is 0 Å². The van der Waals surface area contributed by atoms with Gasteiger partial charge in [-0.25, -0.2) is 0 Å². The molecule has 1 aliphatic heterocycles. The molecule has 0 aromatic heterocycles. The number of thioether (sulfide) groups is 2. The lowest BCUT2D eigenvalue weighted by atomic mass is 9.94. The lowest BCUT2D eigenvalue weighted by Gasteiger charge is -2.21. The molecule has 1 heterocycles. The van der Waals surface area contributed by atoms with Crippen LogP contribution in [-0.2, 0) is 0 Å². The second-order valence-electron chi connectivity index (χ2n) is 4.80. The van der Waals surface area contributed by atoms with Crippen LogP contribution in [-0.4, -0.2) is 22.0 Å². The maximum absolute atomic E-state index is 10.9. The number of rotatable bonds is 6. The standard InChI is InChI=1S/C15H18N2O2S2/c1-11-6-13(7-14(16-11)9-21-10-20-2)12-4-3-5-15(8-12)17(18)19/h3-8,13,16H,9-10H2,1-2H3. The van der Waals surface area contributed by atoms with Gasteiger partial charge in [0, 0.05) is 40.3 Å². The molecule has 0 aliphatic carbocycles. The summed E-state index contributed by atoms with van der Waals surface area (Å²) in [5.74, 6) is 1.02. The minimum Gasteiger partial charge on any atom is -0.362 e. The van der Waals surface area contributed by atoms with E-state index in [-0.39, 0.29) is 16.5 Å². The van der Waals surface area contributed by atoms with Gasteiger partial charge in [0.25, 0.3) is 5.69 Å². The predicted octanol–water partition coefficient (Wildman–Crippen LogP) is 4.12. The Hall–Kier alpha value is -1.40. The monoisotopic (exact) mass is 322 g/mol. The van der Waals surface area contributed by atoms with Crippen molar-refractivity contribution >= 4 is 29.2 Å². The number of nitrogens with one attached hydrogen (secondary N) is 1. The number of allylic oxidation sites excluding steroid dienone is 3. The Bertz CT molecular complexity index is 585. The second-order valence-corrected chi connectivity index (χ2v) is 7.02. The third kappa shape index (κ3) is 4.54. The number of nitrogens with zero attached hydrogens (tertiary/aromatic N) is 1. The molecule has 1 unspecified atom stereocenters. The second kappa shape index (κ2) is 7.56. The summed E-state index contributed by atoms with van der Waals surface area (Å²) in [7, 11) is 0. The van der Waals surface area contributed by atoms with Crippen LogP contribution in [0.3, 0.4) is 0 Å². The van der Waals surface area contributed by atoms with Gasteiger partial charge in [-0.15, -0.1) is 11.8 Å². The normalized spacial score (nSPS) is 17.7. The molecule has 0 amide bonds. The van der Waals surface area contributed by atoms with Crippen molar-refractivity contribution in [1.82, 2.24) is 5.32 Å². The van der Waals surface area contributed by atoms with E-state index in [2.05, 4.69) is 23.7 Å². The van der Waals surface area contributed by atoms with E-state index in [4.69, 9.17) is 0 Å². The average molecular weight is 322 g/mol. The van der Waals surface area contributed by atoms with Crippen LogP contribution in [0, 0.1) is 10.1 Å². The molecule has 1 N–H and O–H groups in total. The summed E-state index contributed by atoms with van der Waals surface area (Å²) >= 11 is 3.68. The SMILES string of the molecule is CSCSCC1=CC(c2cccc([N+](=O)[O-])c2)C=C(C)N1. The summed E-state index contributed by atoms with van der Waals surface area (Å²) in [6, 6.07) is 6.87. The average Bonchev–Trinajstić information content (AvgIpc) is 2.47. The van der Waals surface area contributed by atoms with Crippen LogP contribution >= 0.6 is 23.5 Å². The molecule has 6 heteroatoms. The van der Waals surface area contributed by atoms with Gasteiger partial charge in [0.05, 0.1) is 4.92 Å². The topological polar surface area (TPSA) is 55.2 Å². The van der Waals surface area contributed by atoms with Gasteiger partial charge in [-0.05, 0) is 18.7 Å². The zero-order valence-electron chi connectivity index (χ0n) is 12.0. The van der Waals surface area contributed by atoms with E-state index in [0.717, 1.165) is 22.1 Å². The van der Waals surface area contributed by atoms with Crippen LogP contribution < -0.4 is 5.32 Å². The van der Waals surface area contributed by atoms with Gasteiger partial charge in [-0.1, -0.05) is 24.3 Å². The van der Waals surface area contributed by atoms with E-state index in [1.165, 1.54) is 11.8 Å². The number of hydrogen-bond acceptors (Lipinski definition) is 5. The third-order valence-corrected chi connectivity index (χ3v) is 5.22. The number of non-ortho nitro benzene ring substituents is 1. The van der Waals surface area contributed by atoms with Crippen molar-refractivity contribution < 1.29 is 4.92 Å². The zero-order valence-corrected chi connectivity index (χ0v) is 13.7. The van der Waals surface area contributed by atoms with E-state index in [0.29, 0.717) is 0 Å². The molecule has 1 aromatic rings. The molecule has 21 heavy (non-hydrogen) atoms. The van der Waals surface area contributed by atoms with Gasteiger partial charge in [0.1, 0.15) is 0 Å². The molecule has 0 saturated heterocycles. The van der Waals surface area contributed by atoms with Crippen molar-refractivity contribution in [3.05, 3.63) is 63.5 Å². The first-order valence-electron chi connectivity index (χ1n) is 6.57. The smallest absolute Gasteiger partial charge is 0.269 e. The molecule has 1 atom stereocenters. The van der Waals surface area contributed by atoms with E-state index in [9.17, 15) is 10.1 Å². The molecule has 1 aromatic carbocycles. The summed E-state index contributed by atoms with van der Waals surface area (Å²) in [4.78, 5) is 10.5. The third-order valence-electron chi connectivity index (χ3n) is 3.09. The van der Waals surface area contributed by atoms with Crippen molar-refractivity contribution in [1.29, 1.82) is 0 Å². The summed E-state index contributed by atoms with van der Waals surface area (Å²) in [5.41, 5.74) is 3.36. The molecule has 0 spiro atoms. The van der Waals surface area contributed by atoms with Crippen LogP contribution in [0.2, 0.25) is 0 Å². The first-order chi connectivity index (χ1) is 10.1. The summed E-state index contributed by atoms with van der Waals surface area (Å²) < 4.78 is 0. The first kappa shape index (κ1) is 16.0. The lowest BCUT2D eigenvalue weighted by Crippen LogP contribution is -2.18. The van der Waals surface area contributed by atoms with Crippen molar-refractivity contribution in [2.75, 3.05) is 17.1 Å². The van der Waals surface area contributed by atoms with Crippen LogP contribution in [0.15, 0.2) is 47.8 Å². The van der Waals surface area contributed by atoms with Gasteiger partial charge in [-0.2, -0.15) is 11.8 Å². The van der Waals surface area contributed by atoms with Crippen molar-refractivity contribution in [2.45, 2.75) is 12.8 Å². The fourth-order valence-electron chi connectivity index (χ4n) is 2.23. The Morgan fingerprint density at radius 2 is 2.19 bits per heavy atom. The van der Waals surface area contributed by atoms with Crippen LogP contribution in [0.5, 0.6) is 0 Å². The van der Waals surface area contributed by atoms with E-state index < -0.39 is 0 Å². The molecule has 0 saturated carbocycles.